The van der Waals surface area contributed by atoms with Crippen LogP contribution in [0.4, 0.5) is 0 Å². The van der Waals surface area contributed by atoms with Crippen molar-refractivity contribution in [1.29, 1.82) is 0 Å². The lowest BCUT2D eigenvalue weighted by atomic mass is 10.3. The fourth-order valence-corrected chi connectivity index (χ4v) is 5.02. The quantitative estimate of drug-likeness (QED) is 0.845. The summed E-state index contributed by atoms with van der Waals surface area (Å²) in [6, 6.07) is 3.75. The second kappa shape index (κ2) is 5.40. The van der Waals surface area contributed by atoms with Gasteiger partial charge in [0.05, 0.1) is 6.20 Å². The van der Waals surface area contributed by atoms with Crippen molar-refractivity contribution < 1.29 is 8.42 Å². The predicted molar refractivity (Wildman–Crippen MR) is 77.1 cm³/mol. The number of sulfonamides is 1. The highest BCUT2D eigenvalue weighted by atomic mass is 35.5. The molecule has 1 aliphatic carbocycles. The van der Waals surface area contributed by atoms with E-state index in [4.69, 9.17) is 11.6 Å². The van der Waals surface area contributed by atoms with Crippen molar-refractivity contribution in [2.75, 3.05) is 0 Å². The summed E-state index contributed by atoms with van der Waals surface area (Å²) in [5, 5.41) is 0. The third kappa shape index (κ3) is 2.85. The molecular formula is C12H12ClN3O2S2. The van der Waals surface area contributed by atoms with Gasteiger partial charge >= 0.3 is 0 Å². The lowest BCUT2D eigenvalue weighted by Crippen LogP contribution is -2.32. The zero-order valence-corrected chi connectivity index (χ0v) is 12.8. The molecule has 2 aromatic rings. The van der Waals surface area contributed by atoms with Crippen LogP contribution in [0.2, 0.25) is 4.47 Å². The Hall–Kier alpha value is -1.02. The van der Waals surface area contributed by atoms with Crippen LogP contribution in [-0.2, 0) is 16.6 Å². The first-order valence-corrected chi connectivity index (χ1v) is 8.73. The molecule has 0 unspecified atom stereocenters. The maximum Gasteiger partial charge on any atom is 0.254 e. The summed E-state index contributed by atoms with van der Waals surface area (Å²) in [6.45, 7) is 0.330. The molecule has 0 saturated heterocycles. The molecule has 1 fully saturated rings. The summed E-state index contributed by atoms with van der Waals surface area (Å²) in [4.78, 5) is 7.84. The first kappa shape index (κ1) is 13.9. The number of pyridine rings is 1. The van der Waals surface area contributed by atoms with Gasteiger partial charge in [-0.25, -0.2) is 13.4 Å². The van der Waals surface area contributed by atoms with Gasteiger partial charge in [-0.3, -0.25) is 4.98 Å². The molecule has 0 bridgehead atoms. The Labute approximate surface area is 126 Å². The van der Waals surface area contributed by atoms with Crippen molar-refractivity contribution in [2.45, 2.75) is 29.6 Å². The number of aromatic nitrogens is 2. The minimum atomic E-state index is -3.54. The highest BCUT2D eigenvalue weighted by molar-refractivity contribution is 7.91. The van der Waals surface area contributed by atoms with E-state index in [2.05, 4.69) is 9.97 Å². The van der Waals surface area contributed by atoms with Gasteiger partial charge in [-0.2, -0.15) is 4.31 Å². The average molecular weight is 330 g/mol. The van der Waals surface area contributed by atoms with Gasteiger partial charge in [-0.1, -0.05) is 29.0 Å². The zero-order chi connectivity index (χ0) is 14.2. The lowest BCUT2D eigenvalue weighted by molar-refractivity contribution is 0.399. The highest BCUT2D eigenvalue weighted by Crippen LogP contribution is 2.35. The van der Waals surface area contributed by atoms with Gasteiger partial charge < -0.3 is 0 Å². The second-order valence-electron chi connectivity index (χ2n) is 4.57. The van der Waals surface area contributed by atoms with Crippen LogP contribution < -0.4 is 0 Å². The molecule has 8 heteroatoms. The summed E-state index contributed by atoms with van der Waals surface area (Å²) < 4.78 is 27.2. The van der Waals surface area contributed by atoms with Gasteiger partial charge in [0.15, 0.2) is 8.68 Å². The summed E-state index contributed by atoms with van der Waals surface area (Å²) in [7, 11) is -3.54. The van der Waals surface area contributed by atoms with E-state index in [0.717, 1.165) is 29.7 Å². The summed E-state index contributed by atoms with van der Waals surface area (Å²) in [5.74, 6) is 0. The zero-order valence-electron chi connectivity index (χ0n) is 10.4. The second-order valence-corrected chi connectivity index (χ2v) is 8.31. The Bertz CT molecular complexity index is 699. The monoisotopic (exact) mass is 329 g/mol. The smallest absolute Gasteiger partial charge is 0.254 e. The van der Waals surface area contributed by atoms with E-state index < -0.39 is 10.0 Å². The van der Waals surface area contributed by atoms with Crippen LogP contribution in [0.25, 0.3) is 0 Å². The van der Waals surface area contributed by atoms with Gasteiger partial charge in [0, 0.05) is 25.0 Å². The largest absolute Gasteiger partial charge is 0.264 e. The Balaban J connectivity index is 1.91. The van der Waals surface area contributed by atoms with Crippen LogP contribution in [-0.4, -0.2) is 28.7 Å². The first-order chi connectivity index (χ1) is 9.57. The van der Waals surface area contributed by atoms with E-state index in [-0.39, 0.29) is 14.7 Å². The van der Waals surface area contributed by atoms with Crippen LogP contribution in [0.3, 0.4) is 0 Å². The standard InChI is InChI=1S/C12H12ClN3O2S2/c13-12-15-7-11(19-12)20(17,18)16(10-3-4-10)8-9-2-1-5-14-6-9/h1-2,5-7,10H,3-4,8H2. The molecule has 0 radical (unpaired) electrons. The molecule has 0 spiro atoms. The van der Waals surface area contributed by atoms with E-state index in [1.807, 2.05) is 6.07 Å². The van der Waals surface area contributed by atoms with Crippen LogP contribution >= 0.6 is 22.9 Å². The number of hydrogen-bond donors (Lipinski definition) is 0. The molecule has 2 heterocycles. The normalized spacial score (nSPS) is 15.7. The van der Waals surface area contributed by atoms with Crippen LogP contribution in [0.15, 0.2) is 34.9 Å². The number of halogens is 1. The SMILES string of the molecule is O=S(=O)(c1cnc(Cl)s1)N(Cc1cccnc1)C1CC1. The Morgan fingerprint density at radius 2 is 2.20 bits per heavy atom. The van der Waals surface area contributed by atoms with E-state index in [1.54, 1.807) is 18.5 Å². The van der Waals surface area contributed by atoms with Gasteiger partial charge in [-0.05, 0) is 24.5 Å². The van der Waals surface area contributed by atoms with E-state index >= 15 is 0 Å². The van der Waals surface area contributed by atoms with Crippen molar-refractivity contribution >= 4 is 33.0 Å². The van der Waals surface area contributed by atoms with Gasteiger partial charge in [0.25, 0.3) is 10.0 Å². The molecule has 0 amide bonds. The minimum absolute atomic E-state index is 0.0704. The van der Waals surface area contributed by atoms with Gasteiger partial charge in [0.1, 0.15) is 0 Å². The van der Waals surface area contributed by atoms with Crippen molar-refractivity contribution in [1.82, 2.24) is 14.3 Å². The maximum atomic E-state index is 12.6. The predicted octanol–water partition coefficient (Wildman–Crippen LogP) is 2.54. The molecule has 1 aliphatic rings. The maximum absolute atomic E-state index is 12.6. The van der Waals surface area contributed by atoms with E-state index in [9.17, 15) is 8.42 Å². The first-order valence-electron chi connectivity index (χ1n) is 6.09. The molecular weight excluding hydrogens is 318 g/mol. The number of hydrogen-bond acceptors (Lipinski definition) is 5. The lowest BCUT2D eigenvalue weighted by Gasteiger charge is -2.20. The third-order valence-electron chi connectivity index (χ3n) is 3.03. The van der Waals surface area contributed by atoms with Crippen molar-refractivity contribution in [2.24, 2.45) is 0 Å². The Kier molecular flexibility index (Phi) is 3.76. The van der Waals surface area contributed by atoms with Crippen molar-refractivity contribution in [3.8, 4) is 0 Å². The van der Waals surface area contributed by atoms with Crippen molar-refractivity contribution in [3.05, 3.63) is 40.8 Å². The molecule has 0 N–H and O–H groups in total. The number of rotatable bonds is 5. The minimum Gasteiger partial charge on any atom is -0.264 e. The Morgan fingerprint density at radius 1 is 1.40 bits per heavy atom. The summed E-state index contributed by atoms with van der Waals surface area (Å²) in [6.07, 6.45) is 6.46. The summed E-state index contributed by atoms with van der Waals surface area (Å²) >= 11 is 6.73. The molecule has 20 heavy (non-hydrogen) atoms. The van der Waals surface area contributed by atoms with Crippen molar-refractivity contribution in [3.63, 3.8) is 0 Å². The van der Waals surface area contributed by atoms with E-state index in [1.165, 1.54) is 10.5 Å². The summed E-state index contributed by atoms with van der Waals surface area (Å²) in [5.41, 5.74) is 0.874. The van der Waals surface area contributed by atoms with Crippen LogP contribution in [0.1, 0.15) is 18.4 Å². The molecule has 5 nitrogen and oxygen atoms in total. The average Bonchev–Trinajstić information content (AvgIpc) is 3.17. The fourth-order valence-electron chi connectivity index (χ4n) is 1.92. The number of thiazole rings is 1. The molecule has 0 atom stereocenters. The van der Waals surface area contributed by atoms with Crippen LogP contribution in [0, 0.1) is 0 Å². The highest BCUT2D eigenvalue weighted by Gasteiger charge is 2.39. The fraction of sp³-hybridized carbons (Fsp3) is 0.333. The molecule has 2 aromatic heterocycles. The Morgan fingerprint density at radius 3 is 2.75 bits per heavy atom. The molecule has 106 valence electrons. The molecule has 0 aliphatic heterocycles. The topological polar surface area (TPSA) is 63.2 Å². The number of nitrogens with zero attached hydrogens (tertiary/aromatic N) is 3. The van der Waals surface area contributed by atoms with Gasteiger partial charge in [0.2, 0.25) is 0 Å². The molecule has 1 saturated carbocycles. The van der Waals surface area contributed by atoms with Crippen LogP contribution in [0.5, 0.6) is 0 Å². The molecule has 0 aromatic carbocycles. The van der Waals surface area contributed by atoms with E-state index in [0.29, 0.717) is 6.54 Å². The van der Waals surface area contributed by atoms with Gasteiger partial charge in [-0.15, -0.1) is 0 Å². The third-order valence-corrected chi connectivity index (χ3v) is 6.48. The molecule has 3 rings (SSSR count).